The summed E-state index contributed by atoms with van der Waals surface area (Å²) in [4.78, 5) is 25.6. The SMILES string of the molecule is CNCC(C)C(=O)NC1CC(=O)N(C(C)(C)C)C1.Cl. The van der Waals surface area contributed by atoms with E-state index in [9.17, 15) is 9.59 Å². The molecule has 0 aromatic rings. The number of carbonyl (C=O) groups is 2. The molecule has 1 saturated heterocycles. The Morgan fingerprint density at radius 3 is 2.47 bits per heavy atom. The lowest BCUT2D eigenvalue weighted by Crippen LogP contribution is -2.46. The van der Waals surface area contributed by atoms with E-state index in [-0.39, 0.29) is 41.7 Å². The molecule has 1 aliphatic rings. The molecule has 1 rings (SSSR count). The second-order valence-corrected chi connectivity index (χ2v) is 6.04. The number of nitrogens with zero attached hydrogens (tertiary/aromatic N) is 1. The minimum Gasteiger partial charge on any atom is -0.351 e. The Balaban J connectivity index is 0.00000324. The average Bonchev–Trinajstić information content (AvgIpc) is 2.59. The van der Waals surface area contributed by atoms with Crippen LogP contribution in [-0.4, -0.2) is 48.4 Å². The van der Waals surface area contributed by atoms with Gasteiger partial charge in [0.05, 0.1) is 6.04 Å². The van der Waals surface area contributed by atoms with Crippen LogP contribution in [-0.2, 0) is 9.59 Å². The zero-order chi connectivity index (χ0) is 13.9. The summed E-state index contributed by atoms with van der Waals surface area (Å²) in [6, 6.07) is -0.0523. The van der Waals surface area contributed by atoms with Crippen molar-refractivity contribution in [3.8, 4) is 0 Å². The summed E-state index contributed by atoms with van der Waals surface area (Å²) in [6.07, 6.45) is 0.412. The first-order valence-corrected chi connectivity index (χ1v) is 6.51. The Labute approximate surface area is 121 Å². The lowest BCUT2D eigenvalue weighted by molar-refractivity contribution is -0.131. The maximum absolute atomic E-state index is 11.9. The normalized spacial score (nSPS) is 21.0. The predicted octanol–water partition coefficient (Wildman–Crippen LogP) is 0.779. The molecule has 0 bridgehead atoms. The molecule has 6 heteroatoms. The molecule has 1 aliphatic heterocycles. The van der Waals surface area contributed by atoms with Crippen molar-refractivity contribution in [2.75, 3.05) is 20.1 Å². The van der Waals surface area contributed by atoms with Crippen LogP contribution in [0.1, 0.15) is 34.1 Å². The van der Waals surface area contributed by atoms with Gasteiger partial charge in [0.2, 0.25) is 11.8 Å². The fraction of sp³-hybridized carbons (Fsp3) is 0.846. The molecule has 2 atom stereocenters. The first-order chi connectivity index (χ1) is 8.25. The van der Waals surface area contributed by atoms with Crippen LogP contribution >= 0.6 is 12.4 Å². The van der Waals surface area contributed by atoms with Crippen molar-refractivity contribution < 1.29 is 9.59 Å². The lowest BCUT2D eigenvalue weighted by Gasteiger charge is -2.32. The molecule has 19 heavy (non-hydrogen) atoms. The van der Waals surface area contributed by atoms with Crippen LogP contribution in [0, 0.1) is 5.92 Å². The van der Waals surface area contributed by atoms with Gasteiger partial charge in [-0.25, -0.2) is 0 Å². The Hall–Kier alpha value is -0.810. The molecule has 2 N–H and O–H groups in total. The summed E-state index contributed by atoms with van der Waals surface area (Å²) < 4.78 is 0. The first kappa shape index (κ1) is 18.2. The van der Waals surface area contributed by atoms with Crippen molar-refractivity contribution in [2.24, 2.45) is 5.92 Å². The van der Waals surface area contributed by atoms with Gasteiger partial charge in [-0.05, 0) is 27.8 Å². The number of amides is 2. The van der Waals surface area contributed by atoms with Crippen LogP contribution in [0.5, 0.6) is 0 Å². The number of rotatable bonds is 4. The van der Waals surface area contributed by atoms with Crippen molar-refractivity contribution in [2.45, 2.75) is 45.7 Å². The second kappa shape index (κ2) is 7.10. The molecule has 5 nitrogen and oxygen atoms in total. The van der Waals surface area contributed by atoms with E-state index in [1.807, 2.05) is 39.6 Å². The van der Waals surface area contributed by atoms with E-state index in [4.69, 9.17) is 0 Å². The number of nitrogens with one attached hydrogen (secondary N) is 2. The molecule has 0 radical (unpaired) electrons. The smallest absolute Gasteiger partial charge is 0.225 e. The zero-order valence-electron chi connectivity index (χ0n) is 12.4. The van der Waals surface area contributed by atoms with Gasteiger partial charge in [-0.2, -0.15) is 0 Å². The van der Waals surface area contributed by atoms with Gasteiger partial charge in [-0.3, -0.25) is 9.59 Å². The molecule has 0 aromatic carbocycles. The number of halogens is 1. The van der Waals surface area contributed by atoms with Crippen LogP contribution in [0.25, 0.3) is 0 Å². The Morgan fingerprint density at radius 2 is 2.05 bits per heavy atom. The molecular formula is C13H26ClN3O2. The van der Waals surface area contributed by atoms with Crippen LogP contribution in [0.2, 0.25) is 0 Å². The van der Waals surface area contributed by atoms with Crippen molar-refractivity contribution >= 4 is 24.2 Å². The van der Waals surface area contributed by atoms with E-state index in [0.717, 1.165) is 0 Å². The quantitative estimate of drug-likeness (QED) is 0.805. The van der Waals surface area contributed by atoms with Gasteiger partial charge in [-0.15, -0.1) is 12.4 Å². The largest absolute Gasteiger partial charge is 0.351 e. The highest BCUT2D eigenvalue weighted by molar-refractivity contribution is 5.85. The van der Waals surface area contributed by atoms with Crippen LogP contribution < -0.4 is 10.6 Å². The Morgan fingerprint density at radius 1 is 1.47 bits per heavy atom. The fourth-order valence-electron chi connectivity index (χ4n) is 2.19. The molecule has 1 heterocycles. The van der Waals surface area contributed by atoms with E-state index >= 15 is 0 Å². The third-order valence-electron chi connectivity index (χ3n) is 3.24. The van der Waals surface area contributed by atoms with Crippen molar-refractivity contribution in [3.63, 3.8) is 0 Å². The van der Waals surface area contributed by atoms with Crippen molar-refractivity contribution in [1.82, 2.24) is 15.5 Å². The zero-order valence-corrected chi connectivity index (χ0v) is 13.3. The van der Waals surface area contributed by atoms with Gasteiger partial charge in [0.15, 0.2) is 0 Å². The second-order valence-electron chi connectivity index (χ2n) is 6.04. The molecular weight excluding hydrogens is 266 g/mol. The number of hydrogen-bond acceptors (Lipinski definition) is 3. The highest BCUT2D eigenvalue weighted by Gasteiger charge is 2.37. The number of carbonyl (C=O) groups excluding carboxylic acids is 2. The minimum atomic E-state index is -0.173. The third-order valence-corrected chi connectivity index (χ3v) is 3.24. The van der Waals surface area contributed by atoms with Crippen LogP contribution in [0.4, 0.5) is 0 Å². The van der Waals surface area contributed by atoms with Gasteiger partial charge >= 0.3 is 0 Å². The maximum Gasteiger partial charge on any atom is 0.225 e. The Bertz CT molecular complexity index is 328. The lowest BCUT2D eigenvalue weighted by atomic mass is 10.1. The van der Waals surface area contributed by atoms with Crippen LogP contribution in [0.3, 0.4) is 0 Å². The molecule has 112 valence electrons. The summed E-state index contributed by atoms with van der Waals surface area (Å²) in [7, 11) is 1.82. The third kappa shape index (κ3) is 4.99. The topological polar surface area (TPSA) is 61.4 Å². The van der Waals surface area contributed by atoms with E-state index in [2.05, 4.69) is 10.6 Å². The monoisotopic (exact) mass is 291 g/mol. The summed E-state index contributed by atoms with van der Waals surface area (Å²) in [5.41, 5.74) is -0.173. The maximum atomic E-state index is 11.9. The van der Waals surface area contributed by atoms with Gasteiger partial charge in [0, 0.05) is 31.0 Å². The summed E-state index contributed by atoms with van der Waals surface area (Å²) in [5, 5.41) is 5.93. The summed E-state index contributed by atoms with van der Waals surface area (Å²) in [6.45, 7) is 9.18. The summed E-state index contributed by atoms with van der Waals surface area (Å²) >= 11 is 0. The predicted molar refractivity (Wildman–Crippen MR) is 78.4 cm³/mol. The number of likely N-dealkylation sites (tertiary alicyclic amines) is 1. The molecule has 0 aromatic heterocycles. The average molecular weight is 292 g/mol. The van der Waals surface area contributed by atoms with Gasteiger partial charge in [-0.1, -0.05) is 6.92 Å². The first-order valence-electron chi connectivity index (χ1n) is 6.51. The van der Waals surface area contributed by atoms with Crippen molar-refractivity contribution in [1.29, 1.82) is 0 Å². The van der Waals surface area contributed by atoms with E-state index in [1.54, 1.807) is 0 Å². The van der Waals surface area contributed by atoms with Crippen LogP contribution in [0.15, 0.2) is 0 Å². The molecule has 2 unspecified atom stereocenters. The van der Waals surface area contributed by atoms with Gasteiger partial charge < -0.3 is 15.5 Å². The standard InChI is InChI=1S/C13H25N3O2.ClH/c1-9(7-14-5)12(18)15-10-6-11(17)16(8-10)13(2,3)4;/h9-10,14H,6-8H2,1-5H3,(H,15,18);1H. The summed E-state index contributed by atoms with van der Waals surface area (Å²) in [5.74, 6) is 0.0563. The van der Waals surface area contributed by atoms with E-state index < -0.39 is 0 Å². The molecule has 2 amide bonds. The Kier molecular flexibility index (Phi) is 6.80. The van der Waals surface area contributed by atoms with E-state index in [0.29, 0.717) is 19.5 Å². The molecule has 0 aliphatic carbocycles. The highest BCUT2D eigenvalue weighted by Crippen LogP contribution is 2.21. The van der Waals surface area contributed by atoms with Gasteiger partial charge in [0.25, 0.3) is 0 Å². The van der Waals surface area contributed by atoms with E-state index in [1.165, 1.54) is 0 Å². The molecule has 1 fully saturated rings. The molecule has 0 saturated carbocycles. The van der Waals surface area contributed by atoms with Crippen molar-refractivity contribution in [3.05, 3.63) is 0 Å². The van der Waals surface area contributed by atoms with Gasteiger partial charge in [0.1, 0.15) is 0 Å². The number of hydrogen-bond donors (Lipinski definition) is 2. The highest BCUT2D eigenvalue weighted by atomic mass is 35.5. The fourth-order valence-corrected chi connectivity index (χ4v) is 2.19. The molecule has 0 spiro atoms. The minimum absolute atomic E-state index is 0.